The minimum atomic E-state index is -2.65. The molecule has 334 valence electrons. The molecule has 0 saturated carbocycles. The number of nitrogens with zero attached hydrogens (tertiary/aromatic N) is 2. The molecule has 71 heavy (non-hydrogen) atoms. The van der Waals surface area contributed by atoms with Crippen LogP contribution in [0.4, 0.5) is 17.1 Å². The summed E-state index contributed by atoms with van der Waals surface area (Å²) in [6.07, 6.45) is 0. The zero-order chi connectivity index (χ0) is 47.1. The number of hydrogen-bond donors (Lipinski definition) is 0. The quantitative estimate of drug-likeness (QED) is 0.0980. The van der Waals surface area contributed by atoms with E-state index >= 15 is 0 Å². The summed E-state index contributed by atoms with van der Waals surface area (Å²) < 4.78 is 2.40. The maximum Gasteiger partial charge on any atom is 0.179 e. The van der Waals surface area contributed by atoms with E-state index in [0.29, 0.717) is 0 Å². The molecule has 0 fully saturated rings. The number of aromatic nitrogens is 1. The van der Waals surface area contributed by atoms with Gasteiger partial charge in [0.15, 0.2) is 8.07 Å². The van der Waals surface area contributed by atoms with Gasteiger partial charge in [0.1, 0.15) is 0 Å². The van der Waals surface area contributed by atoms with Gasteiger partial charge in [-0.05, 0) is 125 Å². The van der Waals surface area contributed by atoms with Crippen LogP contribution in [0.15, 0.2) is 291 Å². The maximum atomic E-state index is 2.46. The fraction of sp³-hybridized carbons (Fsp3) is 0. The molecule has 12 aromatic carbocycles. The molecule has 13 rings (SSSR count). The Hall–Kier alpha value is -9.02. The molecule has 0 atom stereocenters. The van der Waals surface area contributed by atoms with Crippen molar-refractivity contribution in [3.63, 3.8) is 0 Å². The highest BCUT2D eigenvalue weighted by molar-refractivity contribution is 7.19. The summed E-state index contributed by atoms with van der Waals surface area (Å²) in [5.41, 5.74) is 11.6. The van der Waals surface area contributed by atoms with Gasteiger partial charge in [0.2, 0.25) is 0 Å². The molecule has 13 aromatic rings. The normalized spacial score (nSPS) is 11.7. The van der Waals surface area contributed by atoms with E-state index in [2.05, 4.69) is 301 Å². The molecule has 3 heteroatoms. The first-order valence-corrected chi connectivity index (χ1v) is 26.5. The average molecular weight is 921 g/mol. The Balaban J connectivity index is 0.958. The van der Waals surface area contributed by atoms with Crippen LogP contribution in [0.5, 0.6) is 0 Å². The molecule has 0 aliphatic heterocycles. The van der Waals surface area contributed by atoms with E-state index in [1.807, 2.05) is 0 Å². The first kappa shape index (κ1) is 42.1. The van der Waals surface area contributed by atoms with Crippen molar-refractivity contribution in [1.82, 2.24) is 4.57 Å². The second kappa shape index (κ2) is 17.8. The number of fused-ring (bicyclic) bond motifs is 5. The minimum absolute atomic E-state index is 1.09. The molecule has 0 aliphatic rings. The lowest BCUT2D eigenvalue weighted by Crippen LogP contribution is -2.74. The van der Waals surface area contributed by atoms with Gasteiger partial charge in [0.25, 0.3) is 0 Å². The molecular weight excluding hydrogens is 873 g/mol. The standard InChI is InChI=1S/C68H48N2Si/c1-5-21-55(22-6-1)70-65-32-16-15-30-64(65)68-66(33-18-34-67(68)70)69(56-42-38-52(39-43-56)63-31-17-20-51-19-13-14-29-62(51)63)57-44-37-50-35-36-53(47-54(50)48-57)49-40-45-61(46-41-49)71(58-23-7-2-8-24-58,59-25-9-3-10-26-59)60-27-11-4-12-28-60/h1-48H. The molecular formula is C68H48N2Si. The number of benzene rings is 12. The summed E-state index contributed by atoms with van der Waals surface area (Å²) in [4.78, 5) is 2.46. The molecule has 1 heterocycles. The lowest BCUT2D eigenvalue weighted by atomic mass is 9.97. The molecule has 0 amide bonds. The van der Waals surface area contributed by atoms with Gasteiger partial charge >= 0.3 is 0 Å². The average Bonchev–Trinajstić information content (AvgIpc) is 3.80. The van der Waals surface area contributed by atoms with Gasteiger partial charge in [-0.2, -0.15) is 0 Å². The van der Waals surface area contributed by atoms with E-state index in [0.717, 1.165) is 28.3 Å². The van der Waals surface area contributed by atoms with Crippen molar-refractivity contribution in [2.75, 3.05) is 4.90 Å². The summed E-state index contributed by atoms with van der Waals surface area (Å²) in [5.74, 6) is 0. The number of para-hydroxylation sites is 2. The van der Waals surface area contributed by atoms with Crippen LogP contribution in [-0.4, -0.2) is 12.6 Å². The molecule has 0 bridgehead atoms. The van der Waals surface area contributed by atoms with E-state index in [4.69, 9.17) is 0 Å². The zero-order valence-corrected chi connectivity index (χ0v) is 40.1. The Morgan fingerprint density at radius 2 is 0.803 bits per heavy atom. The van der Waals surface area contributed by atoms with Crippen molar-refractivity contribution in [1.29, 1.82) is 0 Å². The zero-order valence-electron chi connectivity index (χ0n) is 39.1. The Labute approximate surface area is 415 Å². The molecule has 0 aliphatic carbocycles. The Kier molecular flexibility index (Phi) is 10.6. The highest BCUT2D eigenvalue weighted by Gasteiger charge is 2.41. The molecule has 0 radical (unpaired) electrons. The Bertz CT molecular complexity index is 3910. The summed E-state index contributed by atoms with van der Waals surface area (Å²) in [6, 6.07) is 107. The van der Waals surface area contributed by atoms with E-state index < -0.39 is 8.07 Å². The predicted molar refractivity (Wildman–Crippen MR) is 305 cm³/mol. The van der Waals surface area contributed by atoms with Crippen LogP contribution in [0.1, 0.15) is 0 Å². The van der Waals surface area contributed by atoms with Crippen molar-refractivity contribution < 1.29 is 0 Å². The smallest absolute Gasteiger partial charge is 0.179 e. The number of hydrogen-bond acceptors (Lipinski definition) is 1. The number of anilines is 3. The second-order valence-corrected chi connectivity index (χ2v) is 22.2. The Morgan fingerprint density at radius 1 is 0.296 bits per heavy atom. The first-order valence-electron chi connectivity index (χ1n) is 24.5. The van der Waals surface area contributed by atoms with Gasteiger partial charge in [0.05, 0.1) is 16.7 Å². The topological polar surface area (TPSA) is 8.17 Å². The van der Waals surface area contributed by atoms with Gasteiger partial charge in [-0.25, -0.2) is 0 Å². The molecule has 0 saturated heterocycles. The molecule has 1 aromatic heterocycles. The summed E-state index contributed by atoms with van der Waals surface area (Å²) >= 11 is 0. The highest BCUT2D eigenvalue weighted by Crippen LogP contribution is 2.45. The minimum Gasteiger partial charge on any atom is -0.310 e. The van der Waals surface area contributed by atoms with Crippen LogP contribution in [0, 0.1) is 0 Å². The third kappa shape index (κ3) is 7.26. The lowest BCUT2D eigenvalue weighted by molar-refractivity contribution is 1.18. The van der Waals surface area contributed by atoms with Crippen molar-refractivity contribution in [3.8, 4) is 27.9 Å². The van der Waals surface area contributed by atoms with E-state index in [9.17, 15) is 0 Å². The van der Waals surface area contributed by atoms with Gasteiger partial charge in [-0.3, -0.25) is 0 Å². The Morgan fingerprint density at radius 3 is 1.49 bits per heavy atom. The van der Waals surface area contributed by atoms with Crippen LogP contribution >= 0.6 is 0 Å². The van der Waals surface area contributed by atoms with Crippen LogP contribution in [0.25, 0.3) is 71.3 Å². The van der Waals surface area contributed by atoms with E-state index in [1.165, 1.54) is 80.8 Å². The van der Waals surface area contributed by atoms with Gasteiger partial charge < -0.3 is 9.47 Å². The van der Waals surface area contributed by atoms with Crippen molar-refractivity contribution in [2.45, 2.75) is 0 Å². The van der Waals surface area contributed by atoms with Gasteiger partial charge in [0, 0.05) is 27.8 Å². The largest absolute Gasteiger partial charge is 0.310 e. The first-order chi connectivity index (χ1) is 35.2. The molecule has 0 spiro atoms. The maximum absolute atomic E-state index is 2.65. The summed E-state index contributed by atoms with van der Waals surface area (Å²) in [6.45, 7) is 0. The summed E-state index contributed by atoms with van der Waals surface area (Å²) in [7, 11) is -2.65. The SMILES string of the molecule is c1ccc(-n2c3ccccc3c3c(N(c4ccc(-c5cccc6ccccc56)cc4)c4ccc5ccc(-c6ccc([Si](c7ccccc7)(c7ccccc7)c7ccccc7)cc6)cc5c4)cccc32)cc1. The highest BCUT2D eigenvalue weighted by atomic mass is 28.3. The van der Waals surface area contributed by atoms with Crippen molar-refractivity contribution >= 4 is 89.2 Å². The van der Waals surface area contributed by atoms with Crippen LogP contribution in [0.3, 0.4) is 0 Å². The fourth-order valence-electron chi connectivity index (χ4n) is 11.3. The van der Waals surface area contributed by atoms with E-state index in [1.54, 1.807) is 0 Å². The van der Waals surface area contributed by atoms with Gasteiger partial charge in [-0.1, -0.05) is 231 Å². The predicted octanol–water partition coefficient (Wildman–Crippen LogP) is 15.3. The van der Waals surface area contributed by atoms with Crippen LogP contribution in [0.2, 0.25) is 0 Å². The van der Waals surface area contributed by atoms with Gasteiger partial charge in [-0.15, -0.1) is 0 Å². The third-order valence-electron chi connectivity index (χ3n) is 14.5. The van der Waals surface area contributed by atoms with Crippen LogP contribution in [-0.2, 0) is 0 Å². The fourth-order valence-corrected chi connectivity index (χ4v) is 16.0. The molecule has 0 N–H and O–H groups in total. The van der Waals surface area contributed by atoms with Crippen LogP contribution < -0.4 is 25.6 Å². The summed E-state index contributed by atoms with van der Waals surface area (Å²) in [5, 5.41) is 12.8. The van der Waals surface area contributed by atoms with Crippen molar-refractivity contribution in [3.05, 3.63) is 291 Å². The molecule has 2 nitrogen and oxygen atoms in total. The third-order valence-corrected chi connectivity index (χ3v) is 19.3. The molecule has 0 unspecified atom stereocenters. The second-order valence-electron chi connectivity index (χ2n) is 18.4. The lowest BCUT2D eigenvalue weighted by Gasteiger charge is -2.34. The van der Waals surface area contributed by atoms with E-state index in [-0.39, 0.29) is 0 Å². The number of rotatable bonds is 10. The monoisotopic (exact) mass is 920 g/mol. The van der Waals surface area contributed by atoms with Crippen molar-refractivity contribution in [2.24, 2.45) is 0 Å².